The molecule has 1 aliphatic carbocycles. The lowest BCUT2D eigenvalue weighted by molar-refractivity contribution is 0.0880. The van der Waals surface area contributed by atoms with Gasteiger partial charge in [-0.05, 0) is 31.0 Å². The first kappa shape index (κ1) is 17.2. The molecule has 5 heteroatoms. The van der Waals surface area contributed by atoms with E-state index in [1.54, 1.807) is 18.2 Å². The van der Waals surface area contributed by atoms with E-state index in [-0.39, 0.29) is 24.5 Å². The van der Waals surface area contributed by atoms with Gasteiger partial charge < -0.3 is 19.9 Å². The number of methoxy groups -OCH3 is 1. The molecule has 1 fully saturated rings. The second kappa shape index (κ2) is 7.89. The summed E-state index contributed by atoms with van der Waals surface area (Å²) in [5.74, 6) is 3.17. The number of nitrogens with one attached hydrogen (secondary N) is 1. The smallest absolute Gasteiger partial charge is 0.251 e. The highest BCUT2D eigenvalue weighted by molar-refractivity contribution is 5.94. The van der Waals surface area contributed by atoms with Crippen LogP contribution in [0, 0.1) is 17.8 Å². The number of carbonyl (C=O) groups is 1. The lowest BCUT2D eigenvalue weighted by Gasteiger charge is -2.26. The van der Waals surface area contributed by atoms with Gasteiger partial charge in [-0.2, -0.15) is 0 Å². The first-order valence-corrected chi connectivity index (χ1v) is 7.77. The highest BCUT2D eigenvalue weighted by atomic mass is 16.5. The molecule has 124 valence electrons. The van der Waals surface area contributed by atoms with E-state index in [1.807, 2.05) is 0 Å². The van der Waals surface area contributed by atoms with Gasteiger partial charge in [0.05, 0.1) is 13.7 Å². The summed E-state index contributed by atoms with van der Waals surface area (Å²) >= 11 is 0. The molecule has 1 aromatic carbocycles. The van der Waals surface area contributed by atoms with Crippen LogP contribution in [0.15, 0.2) is 18.2 Å². The summed E-state index contributed by atoms with van der Waals surface area (Å²) < 4.78 is 10.6. The Bertz CT molecular complexity index is 585. The number of benzene rings is 1. The van der Waals surface area contributed by atoms with Gasteiger partial charge in [0.1, 0.15) is 6.61 Å². The van der Waals surface area contributed by atoms with Gasteiger partial charge in [0.25, 0.3) is 5.91 Å². The fourth-order valence-electron chi connectivity index (χ4n) is 2.93. The SMILES string of the molecule is C#CCOc1ccc(C(=O)NCC2(CO)CCCC2)cc1OC. The van der Waals surface area contributed by atoms with Gasteiger partial charge in [-0.3, -0.25) is 4.79 Å². The fourth-order valence-corrected chi connectivity index (χ4v) is 2.93. The van der Waals surface area contributed by atoms with E-state index in [0.29, 0.717) is 23.6 Å². The number of amides is 1. The first-order valence-electron chi connectivity index (χ1n) is 7.77. The second-order valence-corrected chi connectivity index (χ2v) is 5.91. The maximum atomic E-state index is 12.3. The van der Waals surface area contributed by atoms with Crippen LogP contribution < -0.4 is 14.8 Å². The lowest BCUT2D eigenvalue weighted by Crippen LogP contribution is -2.38. The highest BCUT2D eigenvalue weighted by Gasteiger charge is 2.33. The van der Waals surface area contributed by atoms with E-state index in [1.165, 1.54) is 7.11 Å². The van der Waals surface area contributed by atoms with Crippen molar-refractivity contribution < 1.29 is 19.4 Å². The zero-order chi connectivity index (χ0) is 16.7. The summed E-state index contributed by atoms with van der Waals surface area (Å²) in [4.78, 5) is 12.3. The van der Waals surface area contributed by atoms with Gasteiger partial charge in [-0.25, -0.2) is 0 Å². The third kappa shape index (κ3) is 4.17. The van der Waals surface area contributed by atoms with Crippen LogP contribution in [0.25, 0.3) is 0 Å². The Morgan fingerprint density at radius 2 is 2.13 bits per heavy atom. The molecule has 0 atom stereocenters. The molecule has 0 radical (unpaired) electrons. The second-order valence-electron chi connectivity index (χ2n) is 5.91. The Morgan fingerprint density at radius 1 is 1.39 bits per heavy atom. The normalized spacial score (nSPS) is 15.7. The molecule has 0 aromatic heterocycles. The molecule has 0 heterocycles. The molecular formula is C18H23NO4. The van der Waals surface area contributed by atoms with Crippen molar-refractivity contribution in [2.24, 2.45) is 5.41 Å². The van der Waals surface area contributed by atoms with Crippen LogP contribution in [-0.4, -0.2) is 37.9 Å². The van der Waals surface area contributed by atoms with Gasteiger partial charge >= 0.3 is 0 Å². The molecule has 1 saturated carbocycles. The summed E-state index contributed by atoms with van der Waals surface area (Å²) in [6.07, 6.45) is 9.28. The van der Waals surface area contributed by atoms with Crippen LogP contribution in [0.1, 0.15) is 36.0 Å². The van der Waals surface area contributed by atoms with Gasteiger partial charge in [0, 0.05) is 17.5 Å². The molecule has 1 aromatic rings. The third-order valence-corrected chi connectivity index (χ3v) is 4.36. The summed E-state index contributed by atoms with van der Waals surface area (Å²) in [6, 6.07) is 4.97. The predicted octanol–water partition coefficient (Wildman–Crippen LogP) is 1.99. The van der Waals surface area contributed by atoms with Crippen molar-refractivity contribution in [1.82, 2.24) is 5.32 Å². The van der Waals surface area contributed by atoms with E-state index < -0.39 is 0 Å². The molecule has 1 aliphatic rings. The number of carbonyl (C=O) groups excluding carboxylic acids is 1. The predicted molar refractivity (Wildman–Crippen MR) is 87.6 cm³/mol. The minimum absolute atomic E-state index is 0.107. The Morgan fingerprint density at radius 3 is 2.74 bits per heavy atom. The lowest BCUT2D eigenvalue weighted by atomic mass is 9.87. The van der Waals surface area contributed by atoms with Crippen molar-refractivity contribution in [3.63, 3.8) is 0 Å². The van der Waals surface area contributed by atoms with Crippen LogP contribution in [-0.2, 0) is 0 Å². The molecule has 0 saturated heterocycles. The monoisotopic (exact) mass is 317 g/mol. The number of hydrogen-bond acceptors (Lipinski definition) is 4. The average Bonchev–Trinajstić information content (AvgIpc) is 3.07. The van der Waals surface area contributed by atoms with E-state index in [9.17, 15) is 9.90 Å². The number of ether oxygens (including phenoxy) is 2. The topological polar surface area (TPSA) is 67.8 Å². The van der Waals surface area contributed by atoms with Crippen molar-refractivity contribution >= 4 is 5.91 Å². The maximum Gasteiger partial charge on any atom is 0.251 e. The molecule has 23 heavy (non-hydrogen) atoms. The van der Waals surface area contributed by atoms with Crippen molar-refractivity contribution in [3.8, 4) is 23.8 Å². The van der Waals surface area contributed by atoms with E-state index in [0.717, 1.165) is 25.7 Å². The molecule has 2 N–H and O–H groups in total. The highest BCUT2D eigenvalue weighted by Crippen LogP contribution is 2.37. The number of aliphatic hydroxyl groups excluding tert-OH is 1. The van der Waals surface area contributed by atoms with Gasteiger partial charge in [-0.15, -0.1) is 6.42 Å². The zero-order valence-electron chi connectivity index (χ0n) is 13.4. The minimum atomic E-state index is -0.188. The largest absolute Gasteiger partial charge is 0.493 e. The molecule has 0 spiro atoms. The van der Waals surface area contributed by atoms with Crippen molar-refractivity contribution in [2.45, 2.75) is 25.7 Å². The van der Waals surface area contributed by atoms with Crippen LogP contribution in [0.4, 0.5) is 0 Å². The Kier molecular flexibility index (Phi) is 5.89. The van der Waals surface area contributed by atoms with Crippen LogP contribution in [0.5, 0.6) is 11.5 Å². The van der Waals surface area contributed by atoms with E-state index >= 15 is 0 Å². The van der Waals surface area contributed by atoms with Gasteiger partial charge in [0.15, 0.2) is 11.5 Å². The number of hydrogen-bond donors (Lipinski definition) is 2. The van der Waals surface area contributed by atoms with Crippen molar-refractivity contribution in [2.75, 3.05) is 26.9 Å². The fraction of sp³-hybridized carbons (Fsp3) is 0.500. The van der Waals surface area contributed by atoms with Crippen LogP contribution in [0.2, 0.25) is 0 Å². The summed E-state index contributed by atoms with van der Waals surface area (Å²) in [5.41, 5.74) is 0.316. The minimum Gasteiger partial charge on any atom is -0.493 e. The van der Waals surface area contributed by atoms with Crippen LogP contribution >= 0.6 is 0 Å². The number of rotatable bonds is 7. The summed E-state index contributed by atoms with van der Waals surface area (Å²) in [6.45, 7) is 0.733. The molecule has 0 unspecified atom stereocenters. The third-order valence-electron chi connectivity index (χ3n) is 4.36. The van der Waals surface area contributed by atoms with E-state index in [4.69, 9.17) is 15.9 Å². The molecule has 2 rings (SSSR count). The van der Waals surface area contributed by atoms with Gasteiger partial charge in [0.2, 0.25) is 0 Å². The standard InChI is InChI=1S/C18H23NO4/c1-3-10-23-15-7-6-14(11-16(15)22-2)17(21)19-12-18(13-20)8-4-5-9-18/h1,6-7,11,20H,4-5,8-10,12-13H2,2H3,(H,19,21). The van der Waals surface area contributed by atoms with Crippen molar-refractivity contribution in [1.29, 1.82) is 0 Å². The van der Waals surface area contributed by atoms with Crippen LogP contribution in [0.3, 0.4) is 0 Å². The number of terminal acetylenes is 1. The molecule has 5 nitrogen and oxygen atoms in total. The first-order chi connectivity index (χ1) is 11.1. The Labute approximate surface area is 137 Å². The molecule has 0 bridgehead atoms. The quantitative estimate of drug-likeness (QED) is 0.755. The Balaban J connectivity index is 2.03. The summed E-state index contributed by atoms with van der Waals surface area (Å²) in [7, 11) is 1.51. The van der Waals surface area contributed by atoms with Crippen molar-refractivity contribution in [3.05, 3.63) is 23.8 Å². The van der Waals surface area contributed by atoms with E-state index in [2.05, 4.69) is 11.2 Å². The average molecular weight is 317 g/mol. The zero-order valence-corrected chi connectivity index (χ0v) is 13.4. The van der Waals surface area contributed by atoms with Gasteiger partial charge in [-0.1, -0.05) is 18.8 Å². The summed E-state index contributed by atoms with van der Waals surface area (Å²) in [5, 5.41) is 12.5. The maximum absolute atomic E-state index is 12.3. The Hall–Kier alpha value is -2.19. The molecular weight excluding hydrogens is 294 g/mol. The molecule has 0 aliphatic heterocycles. The molecule has 1 amide bonds. The number of aliphatic hydroxyl groups is 1.